The van der Waals surface area contributed by atoms with Crippen molar-refractivity contribution in [3.63, 3.8) is 0 Å². The summed E-state index contributed by atoms with van der Waals surface area (Å²) in [4.78, 5) is 34.5. The Hall–Kier alpha value is -1.77. The van der Waals surface area contributed by atoms with Crippen molar-refractivity contribution in [2.24, 2.45) is 47.3 Å². The molecule has 0 heterocycles. The van der Waals surface area contributed by atoms with Gasteiger partial charge in [0.25, 0.3) is 0 Å². The van der Waals surface area contributed by atoms with Crippen molar-refractivity contribution in [1.82, 2.24) is 0 Å². The summed E-state index contributed by atoms with van der Waals surface area (Å²) < 4.78 is 0. The molecule has 0 N–H and O–H groups in total. The minimum atomic E-state index is 0.369. The lowest BCUT2D eigenvalue weighted by molar-refractivity contribution is -0.115. The van der Waals surface area contributed by atoms with Gasteiger partial charge in [-0.25, -0.2) is 0 Å². The Bertz CT molecular complexity index is 1280. The second kappa shape index (κ2) is 25.8. The summed E-state index contributed by atoms with van der Waals surface area (Å²) in [6.45, 7) is 6.89. The molecule has 322 valence electrons. The third-order valence-electron chi connectivity index (χ3n) is 16.3. The molecule has 0 unspecified atom stereocenters. The van der Waals surface area contributed by atoms with Gasteiger partial charge in [0, 0.05) is 19.3 Å². The third-order valence-corrected chi connectivity index (χ3v) is 16.3. The second-order valence-corrected chi connectivity index (χ2v) is 20.3. The Kier molecular flexibility index (Phi) is 20.9. The van der Waals surface area contributed by atoms with Gasteiger partial charge in [0.05, 0.1) is 0 Å². The van der Waals surface area contributed by atoms with Gasteiger partial charge in [-0.1, -0.05) is 108 Å². The van der Waals surface area contributed by atoms with Crippen LogP contribution in [0.4, 0.5) is 0 Å². The van der Waals surface area contributed by atoms with Crippen LogP contribution in [0.15, 0.2) is 34.9 Å². The Morgan fingerprint density at radius 2 is 0.754 bits per heavy atom. The van der Waals surface area contributed by atoms with Gasteiger partial charge in [0.15, 0.2) is 17.3 Å². The molecule has 0 amide bonds. The van der Waals surface area contributed by atoms with Crippen LogP contribution in [-0.4, -0.2) is 17.3 Å². The minimum Gasteiger partial charge on any atom is -0.295 e. The second-order valence-electron chi connectivity index (χ2n) is 20.3. The maximum absolute atomic E-state index is 11.7. The number of rotatable bonds is 13. The lowest BCUT2D eigenvalue weighted by Gasteiger charge is -2.38. The standard InChI is InChI=1S/C25H42O.C15H24O.C14H22O/c1-2-3-4-5-6-8-20-11-13-21(14-12-20)22-15-17-23(18-16-22)24-9-7-10-25(26)19-24;1-2-4-12-7-9-13(10-8-12)14-5-3-6-15(16)11-14;1-2-11-6-8-12(9-7-11)13-4-3-5-14(15)10-13/h19-23H,2-18H2,1H3;11-13H,2-10H2,1H3;10-12H,2-9H2,1H3. The van der Waals surface area contributed by atoms with E-state index in [0.29, 0.717) is 17.3 Å². The lowest BCUT2D eigenvalue weighted by atomic mass is 9.67. The predicted octanol–water partition coefficient (Wildman–Crippen LogP) is 15.8. The number of allylic oxidation sites excluding steroid dienone is 6. The van der Waals surface area contributed by atoms with Crippen molar-refractivity contribution in [3.05, 3.63) is 34.9 Å². The molecule has 7 aliphatic carbocycles. The van der Waals surface area contributed by atoms with E-state index in [0.717, 1.165) is 85.9 Å². The van der Waals surface area contributed by atoms with Crippen LogP contribution in [0.25, 0.3) is 0 Å². The Balaban J connectivity index is 0.000000173. The SMILES string of the molecule is CCC1CCC(C2=CC(=O)CCC2)CC1.CCCC1CCC(C2=CC(=O)CCC2)CC1.CCCCCCCC1CCC(C2CCC(C3=CC(=O)CCC3)CC2)CC1. The van der Waals surface area contributed by atoms with E-state index < -0.39 is 0 Å². The topological polar surface area (TPSA) is 51.2 Å². The Morgan fingerprint density at radius 1 is 0.386 bits per heavy atom. The van der Waals surface area contributed by atoms with Crippen molar-refractivity contribution < 1.29 is 14.4 Å². The summed E-state index contributed by atoms with van der Waals surface area (Å²) >= 11 is 0. The first-order chi connectivity index (χ1) is 27.8. The maximum atomic E-state index is 11.7. The van der Waals surface area contributed by atoms with E-state index in [1.54, 1.807) is 0 Å². The Morgan fingerprint density at radius 3 is 1.16 bits per heavy atom. The van der Waals surface area contributed by atoms with E-state index >= 15 is 0 Å². The zero-order valence-corrected chi connectivity index (χ0v) is 37.6. The highest BCUT2D eigenvalue weighted by Gasteiger charge is 2.32. The largest absolute Gasteiger partial charge is 0.295 e. The highest BCUT2D eigenvalue weighted by atomic mass is 16.1. The van der Waals surface area contributed by atoms with Crippen LogP contribution in [0, 0.1) is 47.3 Å². The summed E-state index contributed by atoms with van der Waals surface area (Å²) in [6, 6.07) is 0. The summed E-state index contributed by atoms with van der Waals surface area (Å²) in [6.07, 6.45) is 50.5. The molecule has 4 fully saturated rings. The van der Waals surface area contributed by atoms with Gasteiger partial charge in [-0.05, 0) is 194 Å². The number of ketones is 3. The fourth-order valence-electron chi connectivity index (χ4n) is 12.5. The van der Waals surface area contributed by atoms with Crippen LogP contribution in [0.1, 0.15) is 239 Å². The molecule has 0 atom stereocenters. The predicted molar refractivity (Wildman–Crippen MR) is 241 cm³/mol. The van der Waals surface area contributed by atoms with Crippen molar-refractivity contribution in [1.29, 1.82) is 0 Å². The fraction of sp³-hybridized carbons (Fsp3) is 0.833. The molecular formula is C54H88O3. The number of carbonyl (C=O) groups excluding carboxylic acids is 3. The zero-order chi connectivity index (χ0) is 40.2. The van der Waals surface area contributed by atoms with E-state index in [-0.39, 0.29) is 0 Å². The van der Waals surface area contributed by atoms with Crippen LogP contribution < -0.4 is 0 Å². The summed E-state index contributed by atoms with van der Waals surface area (Å²) in [5.41, 5.74) is 4.46. The van der Waals surface area contributed by atoms with Crippen LogP contribution in [-0.2, 0) is 14.4 Å². The van der Waals surface area contributed by atoms with Gasteiger partial charge in [-0.15, -0.1) is 0 Å². The number of hydrogen-bond acceptors (Lipinski definition) is 3. The van der Waals surface area contributed by atoms with Crippen LogP contribution in [0.5, 0.6) is 0 Å². The normalized spacial score (nSPS) is 32.5. The van der Waals surface area contributed by atoms with Crippen LogP contribution >= 0.6 is 0 Å². The fourth-order valence-corrected chi connectivity index (χ4v) is 12.5. The van der Waals surface area contributed by atoms with E-state index in [1.807, 2.05) is 18.2 Å². The quantitative estimate of drug-likeness (QED) is 0.175. The molecule has 57 heavy (non-hydrogen) atoms. The van der Waals surface area contributed by atoms with Gasteiger partial charge in [-0.2, -0.15) is 0 Å². The number of hydrogen-bond donors (Lipinski definition) is 0. The molecule has 0 aliphatic heterocycles. The van der Waals surface area contributed by atoms with E-state index in [4.69, 9.17) is 0 Å². The first-order valence-electron chi connectivity index (χ1n) is 25.5. The molecule has 0 radical (unpaired) electrons. The molecule has 3 nitrogen and oxygen atoms in total. The lowest BCUT2D eigenvalue weighted by Crippen LogP contribution is -2.26. The highest BCUT2D eigenvalue weighted by molar-refractivity contribution is 5.92. The molecule has 0 aromatic rings. The van der Waals surface area contributed by atoms with Crippen LogP contribution in [0.2, 0.25) is 0 Å². The van der Waals surface area contributed by atoms with Crippen molar-refractivity contribution >= 4 is 17.3 Å². The van der Waals surface area contributed by atoms with Crippen molar-refractivity contribution in [2.75, 3.05) is 0 Å². The Labute approximate surface area is 351 Å². The van der Waals surface area contributed by atoms with E-state index in [9.17, 15) is 14.4 Å². The maximum Gasteiger partial charge on any atom is 0.155 e. The molecule has 7 rings (SSSR count). The molecular weight excluding hydrogens is 697 g/mol. The molecule has 4 saturated carbocycles. The smallest absolute Gasteiger partial charge is 0.155 e. The molecule has 0 bridgehead atoms. The monoisotopic (exact) mass is 785 g/mol. The van der Waals surface area contributed by atoms with Crippen LogP contribution in [0.3, 0.4) is 0 Å². The first kappa shape index (κ1) is 46.3. The number of carbonyl (C=O) groups is 3. The summed E-state index contributed by atoms with van der Waals surface area (Å²) in [7, 11) is 0. The van der Waals surface area contributed by atoms with E-state index in [2.05, 4.69) is 20.8 Å². The third kappa shape index (κ3) is 16.0. The van der Waals surface area contributed by atoms with Gasteiger partial charge in [-0.3, -0.25) is 14.4 Å². The average Bonchev–Trinajstić information content (AvgIpc) is 3.25. The van der Waals surface area contributed by atoms with Gasteiger partial charge >= 0.3 is 0 Å². The minimum absolute atomic E-state index is 0.369. The molecule has 0 aromatic carbocycles. The summed E-state index contributed by atoms with van der Waals surface area (Å²) in [5, 5.41) is 0. The van der Waals surface area contributed by atoms with Gasteiger partial charge in [0.2, 0.25) is 0 Å². The van der Waals surface area contributed by atoms with E-state index in [1.165, 1.54) is 197 Å². The van der Waals surface area contributed by atoms with Gasteiger partial charge in [0.1, 0.15) is 0 Å². The molecule has 7 aliphatic rings. The summed E-state index contributed by atoms with van der Waals surface area (Å²) in [5.74, 6) is 8.37. The van der Waals surface area contributed by atoms with Gasteiger partial charge < -0.3 is 0 Å². The molecule has 0 saturated heterocycles. The average molecular weight is 785 g/mol. The molecule has 3 heteroatoms. The zero-order valence-electron chi connectivity index (χ0n) is 37.6. The molecule has 0 spiro atoms. The van der Waals surface area contributed by atoms with Crippen molar-refractivity contribution in [3.8, 4) is 0 Å². The van der Waals surface area contributed by atoms with Crippen molar-refractivity contribution in [2.45, 2.75) is 239 Å². The molecule has 0 aromatic heterocycles. The number of unbranched alkanes of at least 4 members (excludes halogenated alkanes) is 4. The first-order valence-corrected chi connectivity index (χ1v) is 25.5. The highest BCUT2D eigenvalue weighted by Crippen LogP contribution is 2.45.